The zero-order valence-electron chi connectivity index (χ0n) is 11.7. The lowest BCUT2D eigenvalue weighted by atomic mass is 10.2. The molecule has 1 aliphatic heterocycles. The topological polar surface area (TPSA) is 61.5 Å². The third-order valence-corrected chi connectivity index (χ3v) is 3.55. The molecular weight excluding hydrogens is 256 g/mol. The number of carbonyl (C=O) groups excluding carboxylic acids is 1. The van der Waals surface area contributed by atoms with Crippen LogP contribution in [0, 0.1) is 0 Å². The molecule has 6 nitrogen and oxygen atoms in total. The molecule has 3 rings (SSSR count). The molecule has 1 fully saturated rings. The van der Waals surface area contributed by atoms with Gasteiger partial charge in [0.15, 0.2) is 0 Å². The molecule has 0 spiro atoms. The number of piperazine rings is 1. The highest BCUT2D eigenvalue weighted by molar-refractivity contribution is 5.81. The van der Waals surface area contributed by atoms with Crippen molar-refractivity contribution in [2.24, 2.45) is 0 Å². The van der Waals surface area contributed by atoms with Gasteiger partial charge in [0.1, 0.15) is 0 Å². The minimum absolute atomic E-state index is 0.253. The van der Waals surface area contributed by atoms with Gasteiger partial charge in [-0.25, -0.2) is 0 Å². The van der Waals surface area contributed by atoms with Gasteiger partial charge in [0.25, 0.3) is 0 Å². The lowest BCUT2D eigenvalue weighted by Crippen LogP contribution is -2.44. The second-order valence-electron chi connectivity index (χ2n) is 5.13. The quantitative estimate of drug-likeness (QED) is 0.835. The number of benzene rings is 1. The molecule has 0 radical (unpaired) electrons. The van der Waals surface area contributed by atoms with Crippen molar-refractivity contribution in [2.45, 2.75) is 6.92 Å². The summed E-state index contributed by atoms with van der Waals surface area (Å²) >= 11 is 0. The van der Waals surface area contributed by atoms with Crippen molar-refractivity contribution in [3.8, 4) is 6.01 Å². The number of rotatable bonds is 2. The lowest BCUT2D eigenvalue weighted by Gasteiger charge is -2.34. The smallest absolute Gasteiger partial charge is 0.310 e. The molecule has 2 aromatic rings. The Morgan fingerprint density at radius 2 is 2.05 bits per heavy atom. The van der Waals surface area contributed by atoms with Gasteiger partial charge in [0, 0.05) is 38.8 Å². The fourth-order valence-corrected chi connectivity index (χ4v) is 2.42. The number of aromatic nitrogens is 2. The molecule has 0 unspecified atom stereocenters. The molecule has 1 saturated heterocycles. The first-order valence-electron chi connectivity index (χ1n) is 6.73. The molecule has 0 amide bonds. The summed E-state index contributed by atoms with van der Waals surface area (Å²) < 4.78 is 4.97. The fraction of sp³-hybridized carbons (Fsp3) is 0.429. The van der Waals surface area contributed by atoms with Gasteiger partial charge in [-0.05, 0) is 25.2 Å². The van der Waals surface area contributed by atoms with E-state index in [-0.39, 0.29) is 12.0 Å². The first-order chi connectivity index (χ1) is 9.61. The molecular formula is C14H18N4O2. The molecule has 106 valence electrons. The van der Waals surface area contributed by atoms with E-state index < -0.39 is 0 Å². The molecule has 1 aromatic heterocycles. The highest BCUT2D eigenvalue weighted by atomic mass is 16.5. The van der Waals surface area contributed by atoms with E-state index in [9.17, 15) is 4.79 Å². The van der Waals surface area contributed by atoms with Gasteiger partial charge >= 0.3 is 12.0 Å². The number of esters is 1. The number of likely N-dealkylation sites (N-methyl/N-ethyl adjacent to an activating group) is 1. The number of anilines is 1. The predicted octanol–water partition coefficient (Wildman–Crippen LogP) is 1.24. The summed E-state index contributed by atoms with van der Waals surface area (Å²) in [5.74, 6) is -0.372. The largest absolute Gasteiger partial charge is 0.392 e. The van der Waals surface area contributed by atoms with Gasteiger partial charge in [0.2, 0.25) is 0 Å². The molecule has 1 aromatic carbocycles. The molecule has 0 bridgehead atoms. The molecule has 20 heavy (non-hydrogen) atoms. The number of hydrogen-bond donors (Lipinski definition) is 1. The zero-order chi connectivity index (χ0) is 14.1. The summed E-state index contributed by atoms with van der Waals surface area (Å²) in [6, 6.07) is 6.32. The maximum Gasteiger partial charge on any atom is 0.310 e. The SMILES string of the molecule is CC(=O)Oc1nc2ccc(N3CCN(C)CC3)cc2[nH]1. The van der Waals surface area contributed by atoms with Gasteiger partial charge in [-0.1, -0.05) is 0 Å². The minimum Gasteiger partial charge on any atom is -0.392 e. The predicted molar refractivity (Wildman–Crippen MR) is 77.1 cm³/mol. The van der Waals surface area contributed by atoms with Crippen LogP contribution < -0.4 is 9.64 Å². The van der Waals surface area contributed by atoms with Gasteiger partial charge in [-0.15, -0.1) is 0 Å². The van der Waals surface area contributed by atoms with E-state index in [1.54, 1.807) is 0 Å². The number of nitrogens with one attached hydrogen (secondary N) is 1. The Bertz CT molecular complexity index is 629. The van der Waals surface area contributed by atoms with E-state index in [0.717, 1.165) is 37.2 Å². The van der Waals surface area contributed by atoms with E-state index >= 15 is 0 Å². The number of imidazole rings is 1. The highest BCUT2D eigenvalue weighted by Gasteiger charge is 2.15. The number of aromatic amines is 1. The van der Waals surface area contributed by atoms with Gasteiger partial charge < -0.3 is 19.5 Å². The normalized spacial score (nSPS) is 16.6. The van der Waals surface area contributed by atoms with E-state index in [1.807, 2.05) is 6.07 Å². The van der Waals surface area contributed by atoms with E-state index in [4.69, 9.17) is 4.74 Å². The average Bonchev–Trinajstić information content (AvgIpc) is 2.79. The van der Waals surface area contributed by atoms with Crippen LogP contribution in [0.5, 0.6) is 6.01 Å². The first-order valence-corrected chi connectivity index (χ1v) is 6.73. The molecule has 1 aliphatic rings. The van der Waals surface area contributed by atoms with Gasteiger partial charge in [-0.2, -0.15) is 4.98 Å². The van der Waals surface area contributed by atoms with E-state index in [1.165, 1.54) is 12.6 Å². The molecule has 2 heterocycles. The van der Waals surface area contributed by atoms with Crippen LogP contribution in [0.2, 0.25) is 0 Å². The Morgan fingerprint density at radius 3 is 2.75 bits per heavy atom. The van der Waals surface area contributed by atoms with Gasteiger partial charge in [0.05, 0.1) is 11.0 Å². The summed E-state index contributed by atoms with van der Waals surface area (Å²) in [5.41, 5.74) is 2.86. The van der Waals surface area contributed by atoms with Crippen molar-refractivity contribution in [2.75, 3.05) is 38.1 Å². The van der Waals surface area contributed by atoms with Crippen LogP contribution in [0.15, 0.2) is 18.2 Å². The Hall–Kier alpha value is -2.08. The average molecular weight is 274 g/mol. The second kappa shape index (κ2) is 5.13. The van der Waals surface area contributed by atoms with Crippen molar-refractivity contribution < 1.29 is 9.53 Å². The molecule has 0 atom stereocenters. The van der Waals surface area contributed by atoms with Crippen LogP contribution in [-0.2, 0) is 4.79 Å². The summed E-state index contributed by atoms with van der Waals surface area (Å²) in [4.78, 5) is 22.9. The van der Waals surface area contributed by atoms with Crippen molar-refractivity contribution in [1.82, 2.24) is 14.9 Å². The summed E-state index contributed by atoms with van der Waals surface area (Å²) in [5, 5.41) is 0. The lowest BCUT2D eigenvalue weighted by molar-refractivity contribution is -0.132. The molecule has 1 N–H and O–H groups in total. The number of nitrogens with zero attached hydrogens (tertiary/aromatic N) is 3. The molecule has 0 saturated carbocycles. The van der Waals surface area contributed by atoms with Crippen molar-refractivity contribution in [3.63, 3.8) is 0 Å². The second-order valence-corrected chi connectivity index (χ2v) is 5.13. The van der Waals surface area contributed by atoms with Crippen LogP contribution in [-0.4, -0.2) is 54.1 Å². The third kappa shape index (κ3) is 2.60. The number of ether oxygens (including phenoxy) is 1. The maximum atomic E-state index is 10.9. The van der Waals surface area contributed by atoms with Crippen LogP contribution in [0.3, 0.4) is 0 Å². The van der Waals surface area contributed by atoms with Crippen molar-refractivity contribution in [3.05, 3.63) is 18.2 Å². The number of hydrogen-bond acceptors (Lipinski definition) is 5. The number of H-pyrrole nitrogens is 1. The van der Waals surface area contributed by atoms with Gasteiger partial charge in [-0.3, -0.25) is 4.79 Å². The fourth-order valence-electron chi connectivity index (χ4n) is 2.42. The van der Waals surface area contributed by atoms with Crippen LogP contribution in [0.4, 0.5) is 5.69 Å². The summed E-state index contributed by atoms with van der Waals surface area (Å²) in [7, 11) is 2.14. The van der Waals surface area contributed by atoms with E-state index in [0.29, 0.717) is 0 Å². The maximum absolute atomic E-state index is 10.9. The first kappa shape index (κ1) is 12.9. The Labute approximate surface area is 117 Å². The monoisotopic (exact) mass is 274 g/mol. The van der Waals surface area contributed by atoms with Crippen LogP contribution in [0.25, 0.3) is 11.0 Å². The third-order valence-electron chi connectivity index (χ3n) is 3.55. The standard InChI is InChI=1S/C14H18N4O2/c1-10(19)20-14-15-12-4-3-11(9-13(12)16-14)18-7-5-17(2)6-8-18/h3-4,9H,5-8H2,1-2H3,(H,15,16). The van der Waals surface area contributed by atoms with Crippen LogP contribution in [0.1, 0.15) is 6.92 Å². The summed E-state index contributed by atoms with van der Waals surface area (Å²) in [6.07, 6.45) is 0. The van der Waals surface area contributed by atoms with Crippen molar-refractivity contribution >= 4 is 22.7 Å². The zero-order valence-corrected chi connectivity index (χ0v) is 11.7. The molecule has 0 aliphatic carbocycles. The number of carbonyl (C=O) groups is 1. The Balaban J connectivity index is 1.84. The van der Waals surface area contributed by atoms with Crippen molar-refractivity contribution in [1.29, 1.82) is 0 Å². The number of fused-ring (bicyclic) bond motifs is 1. The Kier molecular flexibility index (Phi) is 3.31. The Morgan fingerprint density at radius 1 is 1.30 bits per heavy atom. The minimum atomic E-state index is -0.372. The molecule has 6 heteroatoms. The van der Waals surface area contributed by atoms with Crippen LogP contribution >= 0.6 is 0 Å². The summed E-state index contributed by atoms with van der Waals surface area (Å²) in [6.45, 7) is 5.54. The highest BCUT2D eigenvalue weighted by Crippen LogP contribution is 2.23. The van der Waals surface area contributed by atoms with E-state index in [2.05, 4.69) is 38.9 Å².